The Balaban J connectivity index is 2.64. The smallest absolute Gasteiger partial charge is 0.0482 e. The Morgan fingerprint density at radius 3 is 3.08 bits per heavy atom. The van der Waals surface area contributed by atoms with E-state index in [0.717, 1.165) is 6.54 Å². The summed E-state index contributed by atoms with van der Waals surface area (Å²) in [6.07, 6.45) is 1.18. The highest BCUT2D eigenvalue weighted by atomic mass is 15.0. The van der Waals surface area contributed by atoms with E-state index in [2.05, 4.69) is 42.7 Å². The largest absolute Gasteiger partial charge is 0.345 e. The van der Waals surface area contributed by atoms with Crippen molar-refractivity contribution in [2.75, 3.05) is 0 Å². The molecule has 0 bridgehead atoms. The maximum atomic E-state index is 3.10. The van der Waals surface area contributed by atoms with Crippen molar-refractivity contribution in [1.29, 1.82) is 0 Å². The van der Waals surface area contributed by atoms with Gasteiger partial charge in [0.05, 0.1) is 0 Å². The van der Waals surface area contributed by atoms with Crippen LogP contribution in [-0.4, -0.2) is 4.57 Å². The summed E-state index contributed by atoms with van der Waals surface area (Å²) < 4.78 is 2.36. The van der Waals surface area contributed by atoms with Gasteiger partial charge in [-0.3, -0.25) is 0 Å². The summed E-state index contributed by atoms with van der Waals surface area (Å²) in [5.41, 5.74) is 2.68. The summed E-state index contributed by atoms with van der Waals surface area (Å²) in [4.78, 5) is 0. The van der Waals surface area contributed by atoms with Crippen LogP contribution in [0.2, 0.25) is 0 Å². The predicted molar refractivity (Wildman–Crippen MR) is 55.8 cm³/mol. The van der Waals surface area contributed by atoms with Crippen LogP contribution in [0.1, 0.15) is 19.0 Å². The van der Waals surface area contributed by atoms with Crippen LogP contribution in [-0.2, 0) is 6.54 Å². The van der Waals surface area contributed by atoms with E-state index in [1.807, 2.05) is 6.07 Å². The molecule has 67 valence electrons. The minimum atomic E-state index is 1.11. The number of aryl methyl sites for hydroxylation is 2. The van der Waals surface area contributed by atoms with E-state index in [1.165, 1.54) is 23.0 Å². The summed E-state index contributed by atoms with van der Waals surface area (Å²) in [6, 6.07) is 11.5. The summed E-state index contributed by atoms with van der Waals surface area (Å²) >= 11 is 0. The molecule has 0 saturated heterocycles. The van der Waals surface area contributed by atoms with Gasteiger partial charge >= 0.3 is 0 Å². The lowest BCUT2D eigenvalue weighted by Crippen LogP contribution is -1.97. The molecule has 0 saturated carbocycles. The minimum absolute atomic E-state index is 1.11. The van der Waals surface area contributed by atoms with Gasteiger partial charge in [-0.15, -0.1) is 0 Å². The normalized spacial score (nSPS) is 10.9. The number of aromatic nitrogens is 1. The molecule has 1 aromatic heterocycles. The molecular weight excluding hydrogens is 158 g/mol. The van der Waals surface area contributed by atoms with Crippen molar-refractivity contribution in [2.24, 2.45) is 0 Å². The van der Waals surface area contributed by atoms with Crippen LogP contribution < -0.4 is 0 Å². The average molecular weight is 172 g/mol. The molecule has 0 unspecified atom stereocenters. The van der Waals surface area contributed by atoms with E-state index >= 15 is 0 Å². The van der Waals surface area contributed by atoms with E-state index in [9.17, 15) is 0 Å². The molecule has 2 aromatic rings. The third-order valence-electron chi connectivity index (χ3n) is 2.40. The lowest BCUT2D eigenvalue weighted by molar-refractivity contribution is 0.686. The third kappa shape index (κ3) is 1.35. The van der Waals surface area contributed by atoms with Crippen molar-refractivity contribution in [3.05, 3.63) is 36.0 Å². The fraction of sp³-hybridized carbons (Fsp3) is 0.333. The monoisotopic (exact) mass is 172 g/mol. The van der Waals surface area contributed by atoms with Gasteiger partial charge in [-0.1, -0.05) is 13.0 Å². The zero-order valence-electron chi connectivity index (χ0n) is 8.17. The fourth-order valence-electron chi connectivity index (χ4n) is 1.81. The number of benzene rings is 1. The maximum absolute atomic E-state index is 3.10. The molecule has 2 rings (SSSR count). The SMILES string of the molecule is CCCn1c(C)cc2c[c]ccc21. The molecule has 0 amide bonds. The first kappa shape index (κ1) is 8.36. The van der Waals surface area contributed by atoms with Gasteiger partial charge in [0.1, 0.15) is 0 Å². The maximum Gasteiger partial charge on any atom is 0.0482 e. The molecule has 1 nitrogen and oxygen atoms in total. The number of fused-ring (bicyclic) bond motifs is 1. The summed E-state index contributed by atoms with van der Waals surface area (Å²) in [5.74, 6) is 0. The van der Waals surface area contributed by atoms with Gasteiger partial charge in [0.2, 0.25) is 0 Å². The lowest BCUT2D eigenvalue weighted by atomic mass is 10.2. The van der Waals surface area contributed by atoms with Crippen molar-refractivity contribution in [1.82, 2.24) is 4.57 Å². The van der Waals surface area contributed by atoms with Gasteiger partial charge in [0.15, 0.2) is 0 Å². The van der Waals surface area contributed by atoms with Crippen LogP contribution in [0, 0.1) is 13.0 Å². The highest BCUT2D eigenvalue weighted by Gasteiger charge is 2.02. The molecule has 1 aromatic carbocycles. The second-order valence-electron chi connectivity index (χ2n) is 3.42. The summed E-state index contributed by atoms with van der Waals surface area (Å²) in [5, 5.41) is 1.30. The van der Waals surface area contributed by atoms with E-state index in [4.69, 9.17) is 0 Å². The Bertz CT molecular complexity index is 412. The van der Waals surface area contributed by atoms with Crippen LogP contribution in [0.25, 0.3) is 10.9 Å². The summed E-state index contributed by atoms with van der Waals surface area (Å²) in [6.45, 7) is 5.48. The van der Waals surface area contributed by atoms with Gasteiger partial charge in [-0.25, -0.2) is 0 Å². The number of rotatable bonds is 2. The van der Waals surface area contributed by atoms with Crippen molar-refractivity contribution in [3.63, 3.8) is 0 Å². The first-order valence-corrected chi connectivity index (χ1v) is 4.79. The first-order valence-electron chi connectivity index (χ1n) is 4.79. The molecule has 1 heteroatoms. The van der Waals surface area contributed by atoms with Crippen LogP contribution in [0.4, 0.5) is 0 Å². The summed E-state index contributed by atoms with van der Waals surface area (Å²) in [7, 11) is 0. The molecule has 0 N–H and O–H groups in total. The minimum Gasteiger partial charge on any atom is -0.345 e. The van der Waals surface area contributed by atoms with Crippen molar-refractivity contribution in [3.8, 4) is 0 Å². The fourth-order valence-corrected chi connectivity index (χ4v) is 1.81. The van der Waals surface area contributed by atoms with Gasteiger partial charge in [-0.2, -0.15) is 0 Å². The molecule has 0 aliphatic carbocycles. The van der Waals surface area contributed by atoms with Crippen molar-refractivity contribution >= 4 is 10.9 Å². The van der Waals surface area contributed by atoms with Crippen LogP contribution in [0.3, 0.4) is 0 Å². The second kappa shape index (κ2) is 3.25. The number of nitrogens with zero attached hydrogens (tertiary/aromatic N) is 1. The molecule has 0 spiro atoms. The van der Waals surface area contributed by atoms with Gasteiger partial charge in [0, 0.05) is 23.1 Å². The molecule has 0 fully saturated rings. The van der Waals surface area contributed by atoms with E-state index in [0.29, 0.717) is 0 Å². The van der Waals surface area contributed by atoms with Crippen LogP contribution in [0.5, 0.6) is 0 Å². The Hall–Kier alpha value is -1.24. The first-order chi connectivity index (χ1) is 6.33. The molecule has 0 aliphatic rings. The van der Waals surface area contributed by atoms with E-state index in [-0.39, 0.29) is 0 Å². The Kier molecular flexibility index (Phi) is 2.09. The second-order valence-corrected chi connectivity index (χ2v) is 3.42. The molecule has 13 heavy (non-hydrogen) atoms. The molecular formula is C12H14N. The van der Waals surface area contributed by atoms with Crippen LogP contribution >= 0.6 is 0 Å². The highest BCUT2D eigenvalue weighted by molar-refractivity contribution is 5.80. The Morgan fingerprint density at radius 1 is 1.46 bits per heavy atom. The highest BCUT2D eigenvalue weighted by Crippen LogP contribution is 2.18. The van der Waals surface area contributed by atoms with Crippen LogP contribution in [0.15, 0.2) is 24.3 Å². The zero-order valence-corrected chi connectivity index (χ0v) is 8.17. The standard InChI is InChI=1S/C12H14N/c1-3-8-13-10(2)9-11-6-4-5-7-12(11)13/h5-7,9H,3,8H2,1-2H3. The Labute approximate surface area is 79.0 Å². The van der Waals surface area contributed by atoms with Gasteiger partial charge < -0.3 is 4.57 Å². The molecule has 0 atom stereocenters. The third-order valence-corrected chi connectivity index (χ3v) is 2.40. The molecule has 1 heterocycles. The van der Waals surface area contributed by atoms with Gasteiger partial charge in [0.25, 0.3) is 0 Å². The molecule has 0 aliphatic heterocycles. The van der Waals surface area contributed by atoms with Gasteiger partial charge in [-0.05, 0) is 37.6 Å². The topological polar surface area (TPSA) is 4.93 Å². The van der Waals surface area contributed by atoms with Crippen molar-refractivity contribution in [2.45, 2.75) is 26.8 Å². The predicted octanol–water partition coefficient (Wildman–Crippen LogP) is 3.16. The number of hydrogen-bond donors (Lipinski definition) is 0. The Morgan fingerprint density at radius 2 is 2.31 bits per heavy atom. The van der Waals surface area contributed by atoms with Crippen molar-refractivity contribution < 1.29 is 0 Å². The lowest BCUT2D eigenvalue weighted by Gasteiger charge is -2.05. The quantitative estimate of drug-likeness (QED) is 0.655. The van der Waals surface area contributed by atoms with E-state index < -0.39 is 0 Å². The van der Waals surface area contributed by atoms with E-state index in [1.54, 1.807) is 0 Å². The zero-order chi connectivity index (χ0) is 9.26. The average Bonchev–Trinajstić information content (AvgIpc) is 2.44. The number of hydrogen-bond acceptors (Lipinski definition) is 0. The molecule has 1 radical (unpaired) electrons.